The number of ether oxygens (including phenoxy) is 2. The number of carbonyl (C=O) groups excluding carboxylic acids is 1. The summed E-state index contributed by atoms with van der Waals surface area (Å²) < 4.78 is 10.7. The van der Waals surface area contributed by atoms with Crippen LogP contribution >= 0.6 is 0 Å². The predicted octanol–water partition coefficient (Wildman–Crippen LogP) is 2.67. The minimum absolute atomic E-state index is 0.0125. The van der Waals surface area contributed by atoms with Gasteiger partial charge < -0.3 is 14.4 Å². The van der Waals surface area contributed by atoms with Crippen molar-refractivity contribution in [2.45, 2.75) is 39.2 Å². The first-order valence-electron chi connectivity index (χ1n) is 9.70. The number of aromatic nitrogens is 3. The molecule has 0 radical (unpaired) electrons. The van der Waals surface area contributed by atoms with Gasteiger partial charge in [0.05, 0.1) is 25.5 Å². The van der Waals surface area contributed by atoms with Crippen LogP contribution in [0.4, 0.5) is 0 Å². The lowest BCUT2D eigenvalue weighted by Crippen LogP contribution is -2.39. The standard InChI is InChI=1S/C21H28N4O3/c1-15-5-4-8-22-19(15)21(26)25-9-6-17(7-10-25)20-18(13-23-16(2)24-20)14-28-12-11-27-3/h4-5,8,13,17H,6-7,9-12,14H2,1-3H3. The number of carbonyl (C=O) groups is 1. The van der Waals surface area contributed by atoms with E-state index in [1.165, 1.54) is 0 Å². The van der Waals surface area contributed by atoms with Crippen LogP contribution in [0.15, 0.2) is 24.5 Å². The summed E-state index contributed by atoms with van der Waals surface area (Å²) in [5.74, 6) is 1.08. The maximum Gasteiger partial charge on any atom is 0.272 e. The highest BCUT2D eigenvalue weighted by Crippen LogP contribution is 2.30. The molecular weight excluding hydrogens is 356 g/mol. The Labute approximate surface area is 166 Å². The van der Waals surface area contributed by atoms with Crippen molar-refractivity contribution in [3.8, 4) is 0 Å². The van der Waals surface area contributed by atoms with Gasteiger partial charge in [0.25, 0.3) is 5.91 Å². The van der Waals surface area contributed by atoms with Gasteiger partial charge in [-0.25, -0.2) is 9.97 Å². The first-order valence-corrected chi connectivity index (χ1v) is 9.70. The quantitative estimate of drug-likeness (QED) is 0.683. The third-order valence-corrected chi connectivity index (χ3v) is 5.09. The van der Waals surface area contributed by atoms with E-state index in [0.29, 0.717) is 44.5 Å². The van der Waals surface area contributed by atoms with Crippen LogP contribution in [0.1, 0.15) is 51.9 Å². The van der Waals surface area contributed by atoms with E-state index < -0.39 is 0 Å². The molecule has 1 fully saturated rings. The predicted molar refractivity (Wildman–Crippen MR) is 105 cm³/mol. The first kappa shape index (κ1) is 20.4. The topological polar surface area (TPSA) is 77.4 Å². The molecule has 0 bridgehead atoms. The van der Waals surface area contributed by atoms with Gasteiger partial charge in [-0.05, 0) is 38.3 Å². The highest BCUT2D eigenvalue weighted by molar-refractivity contribution is 5.93. The van der Waals surface area contributed by atoms with E-state index in [2.05, 4.69) is 9.97 Å². The minimum atomic E-state index is 0.0125. The second kappa shape index (κ2) is 9.71. The van der Waals surface area contributed by atoms with Crippen LogP contribution in [0.25, 0.3) is 0 Å². The van der Waals surface area contributed by atoms with Gasteiger partial charge >= 0.3 is 0 Å². The molecular formula is C21H28N4O3. The van der Waals surface area contributed by atoms with Crippen molar-refractivity contribution in [2.75, 3.05) is 33.4 Å². The number of amides is 1. The molecule has 3 rings (SSSR count). The molecule has 1 saturated heterocycles. The summed E-state index contributed by atoms with van der Waals surface area (Å²) in [4.78, 5) is 28.0. The molecule has 7 nitrogen and oxygen atoms in total. The first-order chi connectivity index (χ1) is 13.6. The number of hydrogen-bond donors (Lipinski definition) is 0. The average molecular weight is 384 g/mol. The fraction of sp³-hybridized carbons (Fsp3) is 0.524. The highest BCUT2D eigenvalue weighted by atomic mass is 16.5. The van der Waals surface area contributed by atoms with E-state index in [-0.39, 0.29) is 5.91 Å². The molecule has 2 aromatic heterocycles. The molecule has 0 aromatic carbocycles. The Bertz CT molecular complexity index is 804. The van der Waals surface area contributed by atoms with Crippen LogP contribution in [-0.4, -0.2) is 59.2 Å². The Morgan fingerprint density at radius 2 is 2.00 bits per heavy atom. The normalized spacial score (nSPS) is 15.0. The van der Waals surface area contributed by atoms with Crippen molar-refractivity contribution in [3.05, 3.63) is 52.9 Å². The Morgan fingerprint density at radius 1 is 1.21 bits per heavy atom. The maximum absolute atomic E-state index is 12.8. The SMILES string of the molecule is COCCOCc1cnc(C)nc1C1CCN(C(=O)c2ncccc2C)CC1. The molecule has 7 heteroatoms. The number of nitrogens with zero attached hydrogens (tertiary/aromatic N) is 4. The monoisotopic (exact) mass is 384 g/mol. The molecule has 0 atom stereocenters. The molecule has 1 amide bonds. The van der Waals surface area contributed by atoms with Crippen LogP contribution in [0, 0.1) is 13.8 Å². The number of piperidine rings is 1. The van der Waals surface area contributed by atoms with E-state index in [1.807, 2.05) is 37.1 Å². The van der Waals surface area contributed by atoms with Crippen molar-refractivity contribution in [2.24, 2.45) is 0 Å². The van der Waals surface area contributed by atoms with Crippen molar-refractivity contribution in [1.29, 1.82) is 0 Å². The molecule has 0 N–H and O–H groups in total. The largest absolute Gasteiger partial charge is 0.382 e. The van der Waals surface area contributed by atoms with E-state index in [4.69, 9.17) is 14.5 Å². The number of pyridine rings is 1. The van der Waals surface area contributed by atoms with Crippen LogP contribution in [0.5, 0.6) is 0 Å². The zero-order valence-electron chi connectivity index (χ0n) is 16.9. The van der Waals surface area contributed by atoms with Gasteiger partial charge in [0, 0.05) is 44.1 Å². The molecule has 1 aliphatic heterocycles. The van der Waals surface area contributed by atoms with Crippen molar-refractivity contribution >= 4 is 5.91 Å². The number of hydrogen-bond acceptors (Lipinski definition) is 6. The summed E-state index contributed by atoms with van der Waals surface area (Å²) in [5, 5.41) is 0. The number of methoxy groups -OCH3 is 1. The minimum Gasteiger partial charge on any atom is -0.382 e. The van der Waals surface area contributed by atoms with Crippen LogP contribution < -0.4 is 0 Å². The van der Waals surface area contributed by atoms with E-state index >= 15 is 0 Å². The Hall–Kier alpha value is -2.38. The van der Waals surface area contributed by atoms with Gasteiger partial charge in [-0.1, -0.05) is 6.07 Å². The lowest BCUT2D eigenvalue weighted by Gasteiger charge is -2.32. The summed E-state index contributed by atoms with van der Waals surface area (Å²) in [5.41, 5.74) is 3.53. The van der Waals surface area contributed by atoms with Gasteiger partial charge in [0.2, 0.25) is 0 Å². The number of likely N-dealkylation sites (tertiary alicyclic amines) is 1. The van der Waals surface area contributed by atoms with Gasteiger partial charge in [-0.15, -0.1) is 0 Å². The Balaban J connectivity index is 1.65. The third-order valence-electron chi connectivity index (χ3n) is 5.09. The van der Waals surface area contributed by atoms with Crippen molar-refractivity contribution in [3.63, 3.8) is 0 Å². The molecule has 1 aliphatic rings. The van der Waals surface area contributed by atoms with Gasteiger partial charge in [0.1, 0.15) is 11.5 Å². The molecule has 0 saturated carbocycles. The molecule has 2 aromatic rings. The summed E-state index contributed by atoms with van der Waals surface area (Å²) >= 11 is 0. The molecule has 0 unspecified atom stereocenters. The van der Waals surface area contributed by atoms with Gasteiger partial charge in [-0.3, -0.25) is 9.78 Å². The fourth-order valence-electron chi connectivity index (χ4n) is 3.52. The number of rotatable bonds is 7. The summed E-state index contributed by atoms with van der Waals surface area (Å²) in [6.45, 7) is 6.81. The molecule has 3 heterocycles. The molecule has 0 spiro atoms. The number of aryl methyl sites for hydroxylation is 2. The van der Waals surface area contributed by atoms with Crippen LogP contribution in [0.2, 0.25) is 0 Å². The molecule has 150 valence electrons. The van der Waals surface area contributed by atoms with Crippen molar-refractivity contribution < 1.29 is 14.3 Å². The summed E-state index contributed by atoms with van der Waals surface area (Å²) in [6, 6.07) is 3.78. The highest BCUT2D eigenvalue weighted by Gasteiger charge is 2.28. The third kappa shape index (κ3) is 4.91. The van der Waals surface area contributed by atoms with Gasteiger partial charge in [-0.2, -0.15) is 0 Å². The van der Waals surface area contributed by atoms with Crippen LogP contribution in [0.3, 0.4) is 0 Å². The maximum atomic E-state index is 12.8. The van der Waals surface area contributed by atoms with Crippen LogP contribution in [-0.2, 0) is 16.1 Å². The lowest BCUT2D eigenvalue weighted by molar-refractivity contribution is 0.0604. The van der Waals surface area contributed by atoms with Gasteiger partial charge in [0.15, 0.2) is 0 Å². The van der Waals surface area contributed by atoms with Crippen molar-refractivity contribution in [1.82, 2.24) is 19.9 Å². The zero-order valence-corrected chi connectivity index (χ0v) is 16.9. The smallest absolute Gasteiger partial charge is 0.272 e. The van der Waals surface area contributed by atoms with E-state index in [1.54, 1.807) is 13.3 Å². The summed E-state index contributed by atoms with van der Waals surface area (Å²) in [6.07, 6.45) is 5.28. The second-order valence-electron chi connectivity index (χ2n) is 7.11. The second-order valence-corrected chi connectivity index (χ2v) is 7.11. The molecule has 28 heavy (non-hydrogen) atoms. The lowest BCUT2D eigenvalue weighted by atomic mass is 9.90. The molecule has 0 aliphatic carbocycles. The zero-order chi connectivity index (χ0) is 19.9. The van der Waals surface area contributed by atoms with E-state index in [9.17, 15) is 4.79 Å². The Kier molecular flexibility index (Phi) is 7.06. The average Bonchev–Trinajstić information content (AvgIpc) is 2.72. The van der Waals surface area contributed by atoms with E-state index in [0.717, 1.165) is 35.5 Å². The summed E-state index contributed by atoms with van der Waals surface area (Å²) in [7, 11) is 1.66. The fourth-order valence-corrected chi connectivity index (χ4v) is 3.52. The Morgan fingerprint density at radius 3 is 2.71 bits per heavy atom.